The number of amides is 1. The molecule has 0 saturated heterocycles. The lowest BCUT2D eigenvalue weighted by Gasteiger charge is -2.17. The average Bonchev–Trinajstić information content (AvgIpc) is 3.02. The zero-order chi connectivity index (χ0) is 14.1. The second kappa shape index (κ2) is 5.25. The molecule has 0 bridgehead atoms. The number of hydrogen-bond donors (Lipinski definition) is 2. The van der Waals surface area contributed by atoms with E-state index in [1.54, 1.807) is 0 Å². The Morgan fingerprint density at radius 3 is 3.15 bits per heavy atom. The van der Waals surface area contributed by atoms with Gasteiger partial charge in [-0.3, -0.25) is 4.79 Å². The third-order valence-corrected chi connectivity index (χ3v) is 4.06. The molecule has 0 radical (unpaired) electrons. The van der Waals surface area contributed by atoms with Crippen LogP contribution < -0.4 is 11.1 Å². The van der Waals surface area contributed by atoms with Crippen LogP contribution in [0.3, 0.4) is 0 Å². The molecule has 5 heteroatoms. The molecule has 1 heterocycles. The second-order valence-corrected chi connectivity index (χ2v) is 5.44. The number of carbonyl (C=O) groups excluding carboxylic acids is 1. The molecule has 1 aromatic heterocycles. The first-order chi connectivity index (χ1) is 9.67. The first kappa shape index (κ1) is 13.1. The first-order valence-electron chi connectivity index (χ1n) is 7.05. The summed E-state index contributed by atoms with van der Waals surface area (Å²) in [6.07, 6.45) is 3.07. The fourth-order valence-electron chi connectivity index (χ4n) is 3.02. The van der Waals surface area contributed by atoms with Crippen molar-refractivity contribution < 1.29 is 9.21 Å². The number of nitrogens with one attached hydrogen (secondary N) is 1. The van der Waals surface area contributed by atoms with Crippen molar-refractivity contribution in [3.8, 4) is 0 Å². The van der Waals surface area contributed by atoms with Crippen LogP contribution in [0.4, 0.5) is 5.69 Å². The Morgan fingerprint density at radius 1 is 1.50 bits per heavy atom. The predicted molar refractivity (Wildman–Crippen MR) is 77.3 cm³/mol. The van der Waals surface area contributed by atoms with E-state index in [0.717, 1.165) is 36.0 Å². The van der Waals surface area contributed by atoms with Gasteiger partial charge in [-0.15, -0.1) is 0 Å². The molecule has 0 unspecified atom stereocenters. The molecule has 2 aromatic rings. The summed E-state index contributed by atoms with van der Waals surface area (Å²) in [4.78, 5) is 16.6. The Bertz CT molecular complexity index is 635. The van der Waals surface area contributed by atoms with Crippen LogP contribution in [-0.4, -0.2) is 17.4 Å². The van der Waals surface area contributed by atoms with E-state index in [-0.39, 0.29) is 11.8 Å². The molecule has 0 spiro atoms. The third kappa shape index (κ3) is 2.41. The van der Waals surface area contributed by atoms with Crippen LogP contribution in [0.15, 0.2) is 22.6 Å². The zero-order valence-corrected chi connectivity index (χ0v) is 11.6. The van der Waals surface area contributed by atoms with Crippen molar-refractivity contribution in [2.24, 2.45) is 17.6 Å². The summed E-state index contributed by atoms with van der Waals surface area (Å²) in [7, 11) is 0. The van der Waals surface area contributed by atoms with Crippen molar-refractivity contribution in [3.63, 3.8) is 0 Å². The van der Waals surface area contributed by atoms with Crippen molar-refractivity contribution in [3.05, 3.63) is 24.1 Å². The maximum Gasteiger partial charge on any atom is 0.227 e. The Kier molecular flexibility index (Phi) is 3.44. The fourth-order valence-corrected chi connectivity index (χ4v) is 3.02. The molecule has 20 heavy (non-hydrogen) atoms. The summed E-state index contributed by atoms with van der Waals surface area (Å²) < 4.78 is 5.42. The molecule has 1 amide bonds. The predicted octanol–water partition coefficient (Wildman–Crippen LogP) is 2.45. The smallest absolute Gasteiger partial charge is 0.227 e. The number of aryl methyl sites for hydroxylation is 1. The number of aromatic nitrogens is 1. The van der Waals surface area contributed by atoms with Crippen molar-refractivity contribution in [1.29, 1.82) is 0 Å². The topological polar surface area (TPSA) is 81.2 Å². The van der Waals surface area contributed by atoms with Gasteiger partial charge in [0.2, 0.25) is 5.91 Å². The van der Waals surface area contributed by atoms with Gasteiger partial charge < -0.3 is 15.5 Å². The highest BCUT2D eigenvalue weighted by atomic mass is 16.3. The van der Waals surface area contributed by atoms with Gasteiger partial charge in [0.05, 0.1) is 0 Å². The summed E-state index contributed by atoms with van der Waals surface area (Å²) in [6.45, 7) is 2.39. The summed E-state index contributed by atoms with van der Waals surface area (Å²) in [5, 5.41) is 2.97. The van der Waals surface area contributed by atoms with Gasteiger partial charge in [-0.2, -0.15) is 0 Å². The number of rotatable bonds is 3. The van der Waals surface area contributed by atoms with Gasteiger partial charge in [-0.1, -0.05) is 6.42 Å². The van der Waals surface area contributed by atoms with E-state index in [1.165, 1.54) is 0 Å². The molecule has 1 aliphatic rings. The maximum atomic E-state index is 12.3. The molecule has 1 fully saturated rings. The van der Waals surface area contributed by atoms with E-state index in [9.17, 15) is 4.79 Å². The highest BCUT2D eigenvalue weighted by Gasteiger charge is 2.31. The number of hydrogen-bond acceptors (Lipinski definition) is 4. The SMILES string of the molecule is Cc1nc2cc(NC(=O)[C@@H]3CCC[C@@H]3CN)ccc2o1. The lowest BCUT2D eigenvalue weighted by Crippen LogP contribution is -2.29. The van der Waals surface area contributed by atoms with E-state index in [2.05, 4.69) is 10.3 Å². The maximum absolute atomic E-state index is 12.3. The van der Waals surface area contributed by atoms with Crippen molar-refractivity contribution >= 4 is 22.7 Å². The van der Waals surface area contributed by atoms with E-state index >= 15 is 0 Å². The van der Waals surface area contributed by atoms with Gasteiger partial charge in [0.1, 0.15) is 5.52 Å². The second-order valence-electron chi connectivity index (χ2n) is 5.44. The molecular formula is C15H19N3O2. The zero-order valence-electron chi connectivity index (χ0n) is 11.6. The Labute approximate surface area is 117 Å². The van der Waals surface area contributed by atoms with Gasteiger partial charge >= 0.3 is 0 Å². The van der Waals surface area contributed by atoms with Crippen LogP contribution >= 0.6 is 0 Å². The molecule has 1 saturated carbocycles. The van der Waals surface area contributed by atoms with Crippen molar-refractivity contribution in [1.82, 2.24) is 4.98 Å². The molecule has 106 valence electrons. The third-order valence-electron chi connectivity index (χ3n) is 4.06. The fraction of sp³-hybridized carbons (Fsp3) is 0.467. The number of oxazole rings is 1. The summed E-state index contributed by atoms with van der Waals surface area (Å²) in [6, 6.07) is 5.52. The molecular weight excluding hydrogens is 254 g/mol. The molecule has 5 nitrogen and oxygen atoms in total. The number of benzene rings is 1. The highest BCUT2D eigenvalue weighted by molar-refractivity contribution is 5.94. The standard InChI is InChI=1S/C15H19N3O2/c1-9-17-13-7-11(5-6-14(13)20-9)18-15(19)12-4-2-3-10(12)8-16/h5-7,10,12H,2-4,8,16H2,1H3,(H,18,19)/t10-,12-/m1/s1. The van der Waals surface area contributed by atoms with Gasteiger partial charge in [0, 0.05) is 18.5 Å². The molecule has 3 N–H and O–H groups in total. The minimum atomic E-state index is 0.0368. The summed E-state index contributed by atoms with van der Waals surface area (Å²) >= 11 is 0. The number of anilines is 1. The van der Waals surface area contributed by atoms with E-state index in [1.807, 2.05) is 25.1 Å². The van der Waals surface area contributed by atoms with Crippen LogP contribution in [0.1, 0.15) is 25.2 Å². The van der Waals surface area contributed by atoms with Crippen LogP contribution in [0.5, 0.6) is 0 Å². The number of carbonyl (C=O) groups is 1. The lowest BCUT2D eigenvalue weighted by molar-refractivity contribution is -0.120. The minimum absolute atomic E-state index is 0.0368. The Balaban J connectivity index is 1.76. The molecule has 1 aliphatic carbocycles. The molecule has 0 aliphatic heterocycles. The molecule has 3 rings (SSSR count). The lowest BCUT2D eigenvalue weighted by atomic mass is 9.95. The van der Waals surface area contributed by atoms with E-state index in [4.69, 9.17) is 10.2 Å². The normalized spacial score (nSPS) is 22.3. The quantitative estimate of drug-likeness (QED) is 0.900. The largest absolute Gasteiger partial charge is 0.441 e. The summed E-state index contributed by atoms with van der Waals surface area (Å²) in [5.41, 5.74) is 8.00. The Morgan fingerprint density at radius 2 is 2.35 bits per heavy atom. The monoisotopic (exact) mass is 273 g/mol. The van der Waals surface area contributed by atoms with Crippen LogP contribution in [0.2, 0.25) is 0 Å². The van der Waals surface area contributed by atoms with Crippen LogP contribution in [0.25, 0.3) is 11.1 Å². The van der Waals surface area contributed by atoms with Crippen molar-refractivity contribution in [2.45, 2.75) is 26.2 Å². The molecule has 1 aromatic carbocycles. The first-order valence-corrected chi connectivity index (χ1v) is 7.05. The van der Waals surface area contributed by atoms with Crippen LogP contribution in [-0.2, 0) is 4.79 Å². The number of nitrogens with zero attached hydrogens (tertiary/aromatic N) is 1. The Hall–Kier alpha value is -1.88. The van der Waals surface area contributed by atoms with Gasteiger partial charge in [-0.05, 0) is 43.5 Å². The minimum Gasteiger partial charge on any atom is -0.441 e. The summed E-state index contributed by atoms with van der Waals surface area (Å²) in [5.74, 6) is 1.04. The number of nitrogens with two attached hydrogens (primary N) is 1. The average molecular weight is 273 g/mol. The van der Waals surface area contributed by atoms with Crippen LogP contribution in [0, 0.1) is 18.8 Å². The molecule has 2 atom stereocenters. The van der Waals surface area contributed by atoms with Gasteiger partial charge in [-0.25, -0.2) is 4.98 Å². The van der Waals surface area contributed by atoms with Gasteiger partial charge in [0.15, 0.2) is 11.5 Å². The van der Waals surface area contributed by atoms with E-state index < -0.39 is 0 Å². The van der Waals surface area contributed by atoms with Crippen molar-refractivity contribution in [2.75, 3.05) is 11.9 Å². The number of fused-ring (bicyclic) bond motifs is 1. The highest BCUT2D eigenvalue weighted by Crippen LogP contribution is 2.32. The van der Waals surface area contributed by atoms with E-state index in [0.29, 0.717) is 18.4 Å². The van der Waals surface area contributed by atoms with Gasteiger partial charge in [0.25, 0.3) is 0 Å².